The summed E-state index contributed by atoms with van der Waals surface area (Å²) in [6.07, 6.45) is 2.93. The van der Waals surface area contributed by atoms with Crippen LogP contribution in [0.1, 0.15) is 42.9 Å². The summed E-state index contributed by atoms with van der Waals surface area (Å²) in [5.41, 5.74) is 6.84. The highest BCUT2D eigenvalue weighted by Gasteiger charge is 2.26. The Balaban J connectivity index is 1.27. The van der Waals surface area contributed by atoms with Crippen molar-refractivity contribution in [2.75, 3.05) is 36.8 Å². The molecule has 174 valence electrons. The smallest absolute Gasteiger partial charge is 0.186 e. The molecule has 2 N–H and O–H groups in total. The van der Waals surface area contributed by atoms with E-state index in [2.05, 4.69) is 54.7 Å². The lowest BCUT2D eigenvalue weighted by molar-refractivity contribution is 0.171. The van der Waals surface area contributed by atoms with E-state index in [1.54, 1.807) is 17.4 Å². The lowest BCUT2D eigenvalue weighted by atomic mass is 10.1. The molecule has 8 nitrogen and oxygen atoms in total. The maximum atomic E-state index is 14.3. The molecule has 0 aliphatic carbocycles. The van der Waals surface area contributed by atoms with Crippen molar-refractivity contribution in [3.63, 3.8) is 0 Å². The van der Waals surface area contributed by atoms with Crippen LogP contribution in [0.2, 0.25) is 0 Å². The number of anilines is 2. The lowest BCUT2D eigenvalue weighted by Crippen LogP contribution is -2.39. The summed E-state index contributed by atoms with van der Waals surface area (Å²) < 4.78 is 16.8. The standard InChI is InChI=1S/C22H27FN8S2/c1-2-19(21-26-27-28-31(21)14-16-6-3-11-32-16)29-7-4-9-30(10-5-8-29)22-25-18-13-15(24)12-17(23)20(18)33-22/h3,6,11-13,19H,2,4-5,7-10,14,24H2,1H3. The zero-order valence-electron chi connectivity index (χ0n) is 18.5. The second kappa shape index (κ2) is 9.70. The van der Waals surface area contributed by atoms with E-state index in [0.29, 0.717) is 22.4 Å². The van der Waals surface area contributed by atoms with Crippen LogP contribution >= 0.6 is 22.7 Å². The molecule has 1 fully saturated rings. The predicted molar refractivity (Wildman–Crippen MR) is 131 cm³/mol. The maximum absolute atomic E-state index is 14.3. The molecule has 4 aromatic rings. The SMILES string of the molecule is CCC(c1nnnn1Cc1cccs1)N1CCCN(c2nc3cc(N)cc(F)c3s2)CCC1. The van der Waals surface area contributed by atoms with Crippen molar-refractivity contribution in [2.45, 2.75) is 38.8 Å². The van der Waals surface area contributed by atoms with Gasteiger partial charge in [0.15, 0.2) is 11.0 Å². The Bertz CT molecular complexity index is 1190. The van der Waals surface area contributed by atoms with Gasteiger partial charge in [0.2, 0.25) is 0 Å². The van der Waals surface area contributed by atoms with Crippen LogP contribution in [-0.2, 0) is 6.54 Å². The molecule has 4 heterocycles. The van der Waals surface area contributed by atoms with E-state index in [-0.39, 0.29) is 11.9 Å². The van der Waals surface area contributed by atoms with Gasteiger partial charge in [0, 0.05) is 36.7 Å². The maximum Gasteiger partial charge on any atom is 0.186 e. The van der Waals surface area contributed by atoms with Crippen LogP contribution in [0.4, 0.5) is 15.2 Å². The van der Waals surface area contributed by atoms with Crippen molar-refractivity contribution in [3.8, 4) is 0 Å². The first-order chi connectivity index (χ1) is 16.1. The van der Waals surface area contributed by atoms with E-state index in [4.69, 9.17) is 5.73 Å². The monoisotopic (exact) mass is 486 g/mol. The summed E-state index contributed by atoms with van der Waals surface area (Å²) in [5.74, 6) is 0.639. The summed E-state index contributed by atoms with van der Waals surface area (Å²) >= 11 is 3.13. The number of nitrogen functional groups attached to an aromatic ring is 1. The van der Waals surface area contributed by atoms with Crippen molar-refractivity contribution in [1.82, 2.24) is 30.1 Å². The summed E-state index contributed by atoms with van der Waals surface area (Å²) in [6.45, 7) is 6.56. The minimum Gasteiger partial charge on any atom is -0.399 e. The van der Waals surface area contributed by atoms with Crippen molar-refractivity contribution in [2.24, 2.45) is 0 Å². The molecule has 1 aliphatic heterocycles. The topological polar surface area (TPSA) is 89.0 Å². The number of halogens is 1. The van der Waals surface area contributed by atoms with Crippen molar-refractivity contribution in [1.29, 1.82) is 0 Å². The Hall–Kier alpha value is -2.63. The largest absolute Gasteiger partial charge is 0.399 e. The highest BCUT2D eigenvalue weighted by molar-refractivity contribution is 7.22. The van der Waals surface area contributed by atoms with Gasteiger partial charge in [-0.05, 0) is 53.3 Å². The molecule has 0 spiro atoms. The number of tetrazole rings is 1. The summed E-state index contributed by atoms with van der Waals surface area (Å²) in [7, 11) is 0. The van der Waals surface area contributed by atoms with E-state index >= 15 is 0 Å². The van der Waals surface area contributed by atoms with Crippen LogP contribution in [0.5, 0.6) is 0 Å². The minimum atomic E-state index is -0.293. The molecule has 1 atom stereocenters. The first kappa shape index (κ1) is 22.2. The van der Waals surface area contributed by atoms with E-state index in [0.717, 1.165) is 56.4 Å². The number of thiazole rings is 1. The molecule has 1 unspecified atom stereocenters. The van der Waals surface area contributed by atoms with Crippen LogP contribution in [0.15, 0.2) is 29.6 Å². The molecule has 5 rings (SSSR count). The van der Waals surface area contributed by atoms with E-state index in [1.165, 1.54) is 22.3 Å². The summed E-state index contributed by atoms with van der Waals surface area (Å²) in [4.78, 5) is 10.7. The number of hydrogen-bond acceptors (Lipinski definition) is 9. The molecule has 33 heavy (non-hydrogen) atoms. The average Bonchev–Trinajstić information content (AvgIpc) is 3.52. The Morgan fingerprint density at radius 3 is 2.73 bits per heavy atom. The Morgan fingerprint density at radius 1 is 1.18 bits per heavy atom. The number of rotatable bonds is 6. The molecule has 0 saturated carbocycles. The molecule has 1 aliphatic rings. The molecule has 3 aromatic heterocycles. The fourth-order valence-corrected chi connectivity index (χ4v) is 6.20. The Labute approximate surface area is 199 Å². The van der Waals surface area contributed by atoms with Gasteiger partial charge < -0.3 is 10.6 Å². The van der Waals surface area contributed by atoms with Gasteiger partial charge >= 0.3 is 0 Å². The molecule has 1 aromatic carbocycles. The number of hydrogen-bond donors (Lipinski definition) is 1. The van der Waals surface area contributed by atoms with Crippen LogP contribution < -0.4 is 10.6 Å². The summed E-state index contributed by atoms with van der Waals surface area (Å²) in [5, 5.41) is 15.6. The van der Waals surface area contributed by atoms with Crippen LogP contribution in [-0.4, -0.2) is 56.3 Å². The first-order valence-electron chi connectivity index (χ1n) is 11.3. The predicted octanol–water partition coefficient (Wildman–Crippen LogP) is 4.17. The zero-order chi connectivity index (χ0) is 22.8. The molecule has 1 saturated heterocycles. The number of thiophene rings is 1. The third-order valence-corrected chi connectivity index (χ3v) is 8.05. The van der Waals surface area contributed by atoms with Gasteiger partial charge in [-0.3, -0.25) is 4.90 Å². The number of nitrogens with zero attached hydrogens (tertiary/aromatic N) is 7. The van der Waals surface area contributed by atoms with Gasteiger partial charge in [0.05, 0.1) is 22.8 Å². The number of fused-ring (bicyclic) bond motifs is 1. The third-order valence-electron chi connectivity index (χ3n) is 6.04. The minimum absolute atomic E-state index is 0.186. The Morgan fingerprint density at radius 2 is 2.00 bits per heavy atom. The molecule has 0 amide bonds. The van der Waals surface area contributed by atoms with Gasteiger partial charge in [-0.25, -0.2) is 14.1 Å². The van der Waals surface area contributed by atoms with E-state index < -0.39 is 0 Å². The quantitative estimate of drug-likeness (QED) is 0.409. The van der Waals surface area contributed by atoms with Crippen molar-refractivity contribution in [3.05, 3.63) is 46.2 Å². The molecule has 0 radical (unpaired) electrons. The summed E-state index contributed by atoms with van der Waals surface area (Å²) in [6, 6.07) is 7.47. The van der Waals surface area contributed by atoms with Gasteiger partial charge in [-0.1, -0.05) is 24.3 Å². The van der Waals surface area contributed by atoms with Crippen molar-refractivity contribution < 1.29 is 4.39 Å². The van der Waals surface area contributed by atoms with Crippen LogP contribution in [0.3, 0.4) is 0 Å². The number of aromatic nitrogens is 5. The average molecular weight is 487 g/mol. The molecule has 11 heteroatoms. The van der Waals surface area contributed by atoms with Gasteiger partial charge in [-0.2, -0.15) is 0 Å². The van der Waals surface area contributed by atoms with E-state index in [9.17, 15) is 4.39 Å². The van der Waals surface area contributed by atoms with Crippen molar-refractivity contribution >= 4 is 43.7 Å². The first-order valence-corrected chi connectivity index (χ1v) is 12.9. The Kier molecular flexibility index (Phi) is 6.52. The molecule has 0 bridgehead atoms. The van der Waals surface area contributed by atoms with Crippen LogP contribution in [0, 0.1) is 5.82 Å². The fraction of sp³-hybridized carbons (Fsp3) is 0.455. The normalized spacial score (nSPS) is 16.7. The molecular weight excluding hydrogens is 459 g/mol. The number of benzene rings is 1. The second-order valence-electron chi connectivity index (χ2n) is 8.28. The lowest BCUT2D eigenvalue weighted by Gasteiger charge is -2.34. The fourth-order valence-electron chi connectivity index (χ4n) is 4.51. The van der Waals surface area contributed by atoms with Gasteiger partial charge in [-0.15, -0.1) is 16.4 Å². The third kappa shape index (κ3) is 4.71. The highest BCUT2D eigenvalue weighted by atomic mass is 32.1. The second-order valence-corrected chi connectivity index (χ2v) is 10.3. The number of nitrogens with two attached hydrogens (primary N) is 1. The van der Waals surface area contributed by atoms with Gasteiger partial charge in [0.25, 0.3) is 0 Å². The van der Waals surface area contributed by atoms with Gasteiger partial charge in [0.1, 0.15) is 5.82 Å². The van der Waals surface area contributed by atoms with Crippen LogP contribution in [0.25, 0.3) is 10.2 Å². The zero-order valence-corrected chi connectivity index (χ0v) is 20.2. The van der Waals surface area contributed by atoms with E-state index in [1.807, 2.05) is 4.68 Å². The highest BCUT2D eigenvalue weighted by Crippen LogP contribution is 2.33. The molecular formula is C22H27FN8S2.